The molecular formula is C36H36FN7O8S. The lowest BCUT2D eigenvalue weighted by Crippen LogP contribution is -2.44. The molecule has 3 saturated heterocycles. The number of imide groups is 1. The Morgan fingerprint density at radius 1 is 0.962 bits per heavy atom. The largest absolute Gasteiger partial charge is 0.506 e. The maximum absolute atomic E-state index is 15.8. The minimum absolute atomic E-state index is 0.0449. The first kappa shape index (κ1) is 34.5. The average molecular weight is 746 g/mol. The minimum Gasteiger partial charge on any atom is -0.506 e. The number of nitrogens with one attached hydrogen (secondary N) is 2. The van der Waals surface area contributed by atoms with Gasteiger partial charge in [0.05, 0.1) is 17.6 Å². The number of aryl methyl sites for hydroxylation is 1. The van der Waals surface area contributed by atoms with Gasteiger partial charge >= 0.3 is 15.9 Å². The van der Waals surface area contributed by atoms with Crippen molar-refractivity contribution >= 4 is 66.9 Å². The fraction of sp³-hybridized carbons (Fsp3) is 0.361. The van der Waals surface area contributed by atoms with Crippen molar-refractivity contribution < 1.29 is 37.1 Å². The molecule has 0 bridgehead atoms. The second-order valence-electron chi connectivity index (χ2n) is 14.0. The van der Waals surface area contributed by atoms with Gasteiger partial charge in [-0.15, -0.1) is 0 Å². The molecule has 0 radical (unpaired) electrons. The summed E-state index contributed by atoms with van der Waals surface area (Å²) in [6, 6.07) is 11.3. The molecule has 5 heterocycles. The van der Waals surface area contributed by atoms with Crippen molar-refractivity contribution in [2.45, 2.75) is 37.6 Å². The van der Waals surface area contributed by atoms with Gasteiger partial charge in [0.1, 0.15) is 24.0 Å². The van der Waals surface area contributed by atoms with Crippen LogP contribution in [0.15, 0.2) is 53.3 Å². The van der Waals surface area contributed by atoms with E-state index < -0.39 is 51.9 Å². The Hall–Kier alpha value is -5.55. The lowest BCUT2D eigenvalue weighted by atomic mass is 9.89. The molecule has 1 aromatic heterocycles. The molecule has 15 nitrogen and oxygen atoms in total. The molecule has 276 valence electrons. The second kappa shape index (κ2) is 12.8. The molecule has 0 aliphatic carbocycles. The number of carbonyl (C=O) groups excluding carboxylic acids is 4. The van der Waals surface area contributed by atoms with Crippen LogP contribution in [-0.4, -0.2) is 95.4 Å². The second-order valence-corrected chi connectivity index (χ2v) is 15.6. The van der Waals surface area contributed by atoms with Crippen LogP contribution in [0, 0.1) is 5.82 Å². The fourth-order valence-corrected chi connectivity index (χ4v) is 9.11. The first-order valence-electron chi connectivity index (χ1n) is 17.3. The number of fused-ring (bicyclic) bond motifs is 2. The average Bonchev–Trinajstić information content (AvgIpc) is 3.79. The van der Waals surface area contributed by atoms with Gasteiger partial charge < -0.3 is 10.0 Å². The van der Waals surface area contributed by atoms with Gasteiger partial charge in [0.2, 0.25) is 17.7 Å². The Labute approximate surface area is 302 Å². The van der Waals surface area contributed by atoms with E-state index in [0.29, 0.717) is 52.5 Å². The van der Waals surface area contributed by atoms with Crippen molar-refractivity contribution in [3.05, 3.63) is 76.0 Å². The summed E-state index contributed by atoms with van der Waals surface area (Å²) in [4.78, 5) is 66.4. The third-order valence-corrected chi connectivity index (χ3v) is 12.2. The van der Waals surface area contributed by atoms with Crippen molar-refractivity contribution in [2.75, 3.05) is 43.6 Å². The number of imidazole rings is 1. The highest BCUT2D eigenvalue weighted by Gasteiger charge is 2.38. The van der Waals surface area contributed by atoms with E-state index in [4.69, 9.17) is 0 Å². The first-order chi connectivity index (χ1) is 25.3. The number of rotatable bonds is 6. The number of aromatic hydroxyl groups is 1. The van der Waals surface area contributed by atoms with E-state index in [1.54, 1.807) is 34.9 Å². The van der Waals surface area contributed by atoms with Crippen LogP contribution in [-0.2, 0) is 36.4 Å². The molecule has 1 atom stereocenters. The normalized spacial score (nSPS) is 21.1. The molecular weight excluding hydrogens is 710 g/mol. The Morgan fingerprint density at radius 2 is 1.74 bits per heavy atom. The van der Waals surface area contributed by atoms with Gasteiger partial charge in [-0.2, -0.15) is 8.42 Å². The molecule has 8 rings (SSSR count). The number of carbonyl (C=O) groups is 4. The van der Waals surface area contributed by atoms with Crippen molar-refractivity contribution in [1.29, 1.82) is 0 Å². The van der Waals surface area contributed by atoms with E-state index in [1.807, 2.05) is 24.3 Å². The van der Waals surface area contributed by atoms with Gasteiger partial charge in [0.15, 0.2) is 5.82 Å². The van der Waals surface area contributed by atoms with Crippen molar-refractivity contribution in [3.8, 4) is 5.75 Å². The summed E-state index contributed by atoms with van der Waals surface area (Å²) >= 11 is 0. The summed E-state index contributed by atoms with van der Waals surface area (Å²) in [5, 5.41) is 13.2. The zero-order valence-electron chi connectivity index (χ0n) is 28.7. The SMILES string of the molecule is Cn1c(=O)n(C2CCC(=O)NC2=O)c2ccc(C3CCN(CC(=O)N4CC=C(c5ccc6cc(O)c(N7CC(=O)NS7(=O)=O)c(F)c6c5)C4)CC3)cc21. The summed E-state index contributed by atoms with van der Waals surface area (Å²) < 4.78 is 45.8. The predicted octanol–water partition coefficient (Wildman–Crippen LogP) is 1.60. The Bertz CT molecular complexity index is 2470. The summed E-state index contributed by atoms with van der Waals surface area (Å²) in [5.74, 6) is -3.07. The van der Waals surface area contributed by atoms with Crippen LogP contribution in [0.1, 0.15) is 48.8 Å². The monoisotopic (exact) mass is 745 g/mol. The minimum atomic E-state index is -4.35. The number of nitrogens with zero attached hydrogens (tertiary/aromatic N) is 5. The van der Waals surface area contributed by atoms with Crippen LogP contribution < -0.4 is 20.0 Å². The van der Waals surface area contributed by atoms with Crippen molar-refractivity contribution in [1.82, 2.24) is 29.0 Å². The number of piperidine rings is 2. The van der Waals surface area contributed by atoms with Crippen LogP contribution in [0.3, 0.4) is 0 Å². The van der Waals surface area contributed by atoms with Gasteiger partial charge in [0, 0.05) is 31.9 Å². The Kier molecular flexibility index (Phi) is 8.36. The smallest absolute Gasteiger partial charge is 0.329 e. The van der Waals surface area contributed by atoms with Gasteiger partial charge in [-0.3, -0.25) is 38.5 Å². The van der Waals surface area contributed by atoms with Gasteiger partial charge in [-0.05, 0) is 84.6 Å². The first-order valence-corrected chi connectivity index (χ1v) is 18.8. The lowest BCUT2D eigenvalue weighted by Gasteiger charge is -2.32. The maximum atomic E-state index is 15.8. The van der Waals surface area contributed by atoms with Gasteiger partial charge in [-0.25, -0.2) is 18.2 Å². The zero-order chi connectivity index (χ0) is 37.3. The summed E-state index contributed by atoms with van der Waals surface area (Å²) in [5.41, 5.74) is 2.96. The number of aromatic nitrogens is 2. The van der Waals surface area contributed by atoms with E-state index in [1.165, 1.54) is 15.2 Å². The van der Waals surface area contributed by atoms with E-state index in [0.717, 1.165) is 24.0 Å². The maximum Gasteiger partial charge on any atom is 0.329 e. The number of halogens is 1. The zero-order valence-corrected chi connectivity index (χ0v) is 29.5. The number of likely N-dealkylation sites (tertiary alicyclic amines) is 1. The number of anilines is 1. The van der Waals surface area contributed by atoms with Crippen molar-refractivity contribution in [2.24, 2.45) is 7.05 Å². The van der Waals surface area contributed by atoms with Crippen LogP contribution >= 0.6 is 0 Å². The molecule has 4 aliphatic rings. The number of phenolic OH excluding ortho intramolecular Hbond substituents is 1. The quantitative estimate of drug-likeness (QED) is 0.247. The molecule has 0 saturated carbocycles. The number of benzene rings is 3. The number of hydrogen-bond donors (Lipinski definition) is 3. The number of phenols is 1. The van der Waals surface area contributed by atoms with Crippen LogP contribution in [0.2, 0.25) is 0 Å². The lowest BCUT2D eigenvalue weighted by molar-refractivity contribution is -0.136. The highest BCUT2D eigenvalue weighted by Crippen LogP contribution is 2.39. The standard InChI is InChI=1S/C36H36FN7O8S/c1-40-28-15-22(4-5-26(28)44(36(40)50)27-6-7-30(46)38-35(27)49)20-8-11-41(12-9-20)19-32(48)42-13-10-24(17-42)21-2-3-23-16-29(45)34(33(37)25(23)14-21)43-18-31(47)39-53(43,51)52/h2-5,10,14-16,20,27,45H,6-9,11-13,17-19H2,1H3,(H,39,47)(H,38,46,49). The van der Waals surface area contributed by atoms with Crippen LogP contribution in [0.25, 0.3) is 27.4 Å². The van der Waals surface area contributed by atoms with Crippen molar-refractivity contribution in [3.63, 3.8) is 0 Å². The third-order valence-electron chi connectivity index (χ3n) is 10.8. The summed E-state index contributed by atoms with van der Waals surface area (Å²) in [6.45, 7) is 1.67. The molecule has 1 unspecified atom stereocenters. The number of amides is 4. The van der Waals surface area contributed by atoms with Crippen LogP contribution in [0.4, 0.5) is 10.1 Å². The summed E-state index contributed by atoms with van der Waals surface area (Å²) in [7, 11) is -2.67. The highest BCUT2D eigenvalue weighted by atomic mass is 32.2. The molecule has 17 heteroatoms. The van der Waals surface area contributed by atoms with E-state index in [-0.39, 0.29) is 48.2 Å². The fourth-order valence-electron chi connectivity index (χ4n) is 7.94. The van der Waals surface area contributed by atoms with E-state index >= 15 is 4.39 Å². The molecule has 3 fully saturated rings. The molecule has 53 heavy (non-hydrogen) atoms. The highest BCUT2D eigenvalue weighted by molar-refractivity contribution is 7.92. The topological polar surface area (TPSA) is 183 Å². The third kappa shape index (κ3) is 6.02. The molecule has 4 amide bonds. The van der Waals surface area contributed by atoms with Gasteiger partial charge in [-0.1, -0.05) is 24.3 Å². The molecule has 3 aromatic carbocycles. The summed E-state index contributed by atoms with van der Waals surface area (Å²) in [6.07, 6.45) is 3.97. The molecule has 4 aromatic rings. The number of hydrogen-bond acceptors (Lipinski definition) is 9. The Morgan fingerprint density at radius 3 is 2.45 bits per heavy atom. The van der Waals surface area contributed by atoms with Gasteiger partial charge in [0.25, 0.3) is 5.91 Å². The van der Waals surface area contributed by atoms with E-state index in [2.05, 4.69) is 10.2 Å². The molecule has 4 aliphatic heterocycles. The van der Waals surface area contributed by atoms with Crippen LogP contribution in [0.5, 0.6) is 5.75 Å². The Balaban J connectivity index is 0.905. The molecule has 3 N–H and O–H groups in total. The predicted molar refractivity (Wildman–Crippen MR) is 192 cm³/mol. The van der Waals surface area contributed by atoms with E-state index in [9.17, 15) is 37.5 Å². The molecule has 0 spiro atoms.